The Hall–Kier alpha value is -1.68. The first-order chi connectivity index (χ1) is 11.6. The quantitative estimate of drug-likeness (QED) is 0.816. The van der Waals surface area contributed by atoms with Gasteiger partial charge in [0.15, 0.2) is 5.78 Å². The highest BCUT2D eigenvalue weighted by molar-refractivity contribution is 5.98. The summed E-state index contributed by atoms with van der Waals surface area (Å²) in [5.41, 5.74) is 3.41. The van der Waals surface area contributed by atoms with E-state index in [0.717, 1.165) is 44.1 Å². The molecule has 1 saturated carbocycles. The fraction of sp³-hybridized carbons (Fsp3) is 0.600. The predicted molar refractivity (Wildman–Crippen MR) is 93.1 cm³/mol. The normalized spacial score (nSPS) is 23.4. The molecule has 1 aromatic rings. The Bertz CT molecular complexity index is 603. The number of rotatable bonds is 5. The number of amides is 1. The van der Waals surface area contributed by atoms with Gasteiger partial charge in [0, 0.05) is 24.4 Å². The number of carbonyl (C=O) groups excluding carboxylic acids is 2. The molecular formula is C20H27NO3. The van der Waals surface area contributed by atoms with Gasteiger partial charge >= 0.3 is 0 Å². The molecule has 2 aliphatic rings. The average Bonchev–Trinajstić information content (AvgIpc) is 2.61. The number of carbonyl (C=O) groups is 2. The highest BCUT2D eigenvalue weighted by Gasteiger charge is 2.21. The topological polar surface area (TPSA) is 66.4 Å². The maximum Gasteiger partial charge on any atom is 0.220 e. The number of benzene rings is 1. The van der Waals surface area contributed by atoms with Crippen LogP contribution in [-0.4, -0.2) is 28.9 Å². The molecule has 24 heavy (non-hydrogen) atoms. The van der Waals surface area contributed by atoms with E-state index in [2.05, 4.69) is 11.4 Å². The van der Waals surface area contributed by atoms with E-state index in [9.17, 15) is 14.7 Å². The Labute approximate surface area is 143 Å². The van der Waals surface area contributed by atoms with Crippen LogP contribution < -0.4 is 5.32 Å². The molecule has 0 radical (unpaired) electrons. The van der Waals surface area contributed by atoms with Crippen molar-refractivity contribution in [1.29, 1.82) is 0 Å². The molecule has 2 N–H and O–H groups in total. The molecule has 0 heterocycles. The molecular weight excluding hydrogens is 302 g/mol. The first kappa shape index (κ1) is 17.2. The smallest absolute Gasteiger partial charge is 0.220 e. The van der Waals surface area contributed by atoms with E-state index in [1.165, 1.54) is 24.0 Å². The maximum atomic E-state index is 12.4. The summed E-state index contributed by atoms with van der Waals surface area (Å²) in [6.45, 7) is 0. The Balaban J connectivity index is 1.47. The van der Waals surface area contributed by atoms with Gasteiger partial charge in [-0.1, -0.05) is 12.1 Å². The number of Topliss-reactive ketones (excluding diaryl/α,β-unsaturated/α-hetero) is 1. The third-order valence-corrected chi connectivity index (χ3v) is 5.31. The number of hydrogen-bond acceptors (Lipinski definition) is 3. The van der Waals surface area contributed by atoms with Crippen molar-refractivity contribution in [3.8, 4) is 0 Å². The molecule has 0 bridgehead atoms. The van der Waals surface area contributed by atoms with Crippen molar-refractivity contribution in [2.24, 2.45) is 0 Å². The zero-order chi connectivity index (χ0) is 16.9. The minimum absolute atomic E-state index is 0.0531. The third-order valence-electron chi connectivity index (χ3n) is 5.31. The van der Waals surface area contributed by atoms with Gasteiger partial charge in [0.1, 0.15) is 0 Å². The van der Waals surface area contributed by atoms with Crippen LogP contribution in [0.15, 0.2) is 18.2 Å². The zero-order valence-electron chi connectivity index (χ0n) is 14.2. The van der Waals surface area contributed by atoms with Gasteiger partial charge in [-0.2, -0.15) is 0 Å². The van der Waals surface area contributed by atoms with Gasteiger partial charge in [-0.05, 0) is 68.6 Å². The Morgan fingerprint density at radius 2 is 1.71 bits per heavy atom. The van der Waals surface area contributed by atoms with Crippen LogP contribution in [0.1, 0.15) is 72.9 Å². The van der Waals surface area contributed by atoms with Gasteiger partial charge in [0.05, 0.1) is 6.10 Å². The fourth-order valence-corrected chi connectivity index (χ4v) is 3.80. The van der Waals surface area contributed by atoms with Gasteiger partial charge in [-0.3, -0.25) is 9.59 Å². The largest absolute Gasteiger partial charge is 0.393 e. The summed E-state index contributed by atoms with van der Waals surface area (Å²) in [6.07, 6.45) is 8.04. The van der Waals surface area contributed by atoms with Crippen molar-refractivity contribution >= 4 is 11.7 Å². The number of aliphatic hydroxyl groups excluding tert-OH is 1. The van der Waals surface area contributed by atoms with Gasteiger partial charge in [0.2, 0.25) is 5.91 Å². The lowest BCUT2D eigenvalue weighted by Gasteiger charge is -2.26. The molecule has 1 amide bonds. The zero-order valence-corrected chi connectivity index (χ0v) is 14.2. The summed E-state index contributed by atoms with van der Waals surface area (Å²) in [7, 11) is 0. The van der Waals surface area contributed by atoms with Crippen LogP contribution in [0, 0.1) is 0 Å². The van der Waals surface area contributed by atoms with E-state index in [0.29, 0.717) is 0 Å². The van der Waals surface area contributed by atoms with Crippen molar-refractivity contribution in [3.05, 3.63) is 34.9 Å². The van der Waals surface area contributed by atoms with E-state index < -0.39 is 0 Å². The molecule has 0 atom stereocenters. The highest BCUT2D eigenvalue weighted by atomic mass is 16.3. The van der Waals surface area contributed by atoms with Crippen molar-refractivity contribution < 1.29 is 14.7 Å². The number of nitrogens with one attached hydrogen (secondary N) is 1. The van der Waals surface area contributed by atoms with Crippen LogP contribution in [0.3, 0.4) is 0 Å². The van der Waals surface area contributed by atoms with Crippen LogP contribution in [0.2, 0.25) is 0 Å². The van der Waals surface area contributed by atoms with E-state index in [-0.39, 0.29) is 36.7 Å². The van der Waals surface area contributed by atoms with Gasteiger partial charge in [0.25, 0.3) is 0 Å². The summed E-state index contributed by atoms with van der Waals surface area (Å²) < 4.78 is 0. The SMILES string of the molecule is O=C(CCC(=O)c1ccc2c(c1)CCCC2)NC1CCC(O)CC1. The third kappa shape index (κ3) is 4.44. The van der Waals surface area contributed by atoms with E-state index in [1.807, 2.05) is 12.1 Å². The predicted octanol–water partition coefficient (Wildman–Crippen LogP) is 2.95. The van der Waals surface area contributed by atoms with E-state index >= 15 is 0 Å². The minimum Gasteiger partial charge on any atom is -0.393 e. The molecule has 2 aliphatic carbocycles. The lowest BCUT2D eigenvalue weighted by atomic mass is 9.89. The van der Waals surface area contributed by atoms with Crippen LogP contribution in [-0.2, 0) is 17.6 Å². The summed E-state index contributed by atoms with van der Waals surface area (Å²) in [5, 5.41) is 12.5. The fourth-order valence-electron chi connectivity index (χ4n) is 3.80. The first-order valence-corrected chi connectivity index (χ1v) is 9.24. The van der Waals surface area contributed by atoms with Crippen LogP contribution >= 0.6 is 0 Å². The lowest BCUT2D eigenvalue weighted by molar-refractivity contribution is -0.122. The molecule has 4 heteroatoms. The van der Waals surface area contributed by atoms with Crippen molar-refractivity contribution in [2.75, 3.05) is 0 Å². The Morgan fingerprint density at radius 3 is 2.46 bits per heavy atom. The van der Waals surface area contributed by atoms with Crippen LogP contribution in [0.5, 0.6) is 0 Å². The summed E-state index contributed by atoms with van der Waals surface area (Å²) in [4.78, 5) is 24.4. The second-order valence-corrected chi connectivity index (χ2v) is 7.19. The second-order valence-electron chi connectivity index (χ2n) is 7.19. The molecule has 0 aromatic heterocycles. The Kier molecular flexibility index (Phi) is 5.67. The molecule has 0 unspecified atom stereocenters. The number of hydrogen-bond donors (Lipinski definition) is 2. The standard InChI is InChI=1S/C20H27NO3/c22-18-9-7-17(8-10-18)21-20(24)12-11-19(23)16-6-5-14-3-1-2-4-15(14)13-16/h5-6,13,17-18,22H,1-4,7-12H2,(H,21,24). The average molecular weight is 329 g/mol. The highest BCUT2D eigenvalue weighted by Crippen LogP contribution is 2.23. The van der Waals surface area contributed by atoms with Gasteiger partial charge < -0.3 is 10.4 Å². The van der Waals surface area contributed by atoms with Gasteiger partial charge in [-0.25, -0.2) is 0 Å². The number of ketones is 1. The van der Waals surface area contributed by atoms with E-state index in [4.69, 9.17) is 0 Å². The first-order valence-electron chi connectivity index (χ1n) is 9.24. The van der Waals surface area contributed by atoms with Crippen molar-refractivity contribution in [2.45, 2.75) is 76.4 Å². The monoisotopic (exact) mass is 329 g/mol. The molecule has 0 aliphatic heterocycles. The molecule has 1 fully saturated rings. The van der Waals surface area contributed by atoms with Crippen LogP contribution in [0.25, 0.3) is 0 Å². The number of aliphatic hydroxyl groups is 1. The Morgan fingerprint density at radius 1 is 1.00 bits per heavy atom. The molecule has 1 aromatic carbocycles. The van der Waals surface area contributed by atoms with Gasteiger partial charge in [-0.15, -0.1) is 0 Å². The molecule has 0 spiro atoms. The molecule has 0 saturated heterocycles. The summed E-state index contributed by atoms with van der Waals surface area (Å²) >= 11 is 0. The molecule has 3 rings (SSSR count). The molecule has 130 valence electrons. The minimum atomic E-state index is -0.219. The van der Waals surface area contributed by atoms with Crippen LogP contribution in [0.4, 0.5) is 0 Å². The van der Waals surface area contributed by atoms with Crippen molar-refractivity contribution in [1.82, 2.24) is 5.32 Å². The van der Waals surface area contributed by atoms with Crippen molar-refractivity contribution in [3.63, 3.8) is 0 Å². The maximum absolute atomic E-state index is 12.4. The number of fused-ring (bicyclic) bond motifs is 1. The summed E-state index contributed by atoms with van der Waals surface area (Å²) in [6, 6.07) is 6.17. The lowest BCUT2D eigenvalue weighted by Crippen LogP contribution is -2.38. The summed E-state index contributed by atoms with van der Waals surface area (Å²) in [5.74, 6) is 0.000268. The number of aryl methyl sites for hydroxylation is 2. The van der Waals surface area contributed by atoms with E-state index in [1.54, 1.807) is 0 Å². The molecule has 4 nitrogen and oxygen atoms in total. The second kappa shape index (κ2) is 7.93.